The lowest BCUT2D eigenvalue weighted by Crippen LogP contribution is -2.16. The summed E-state index contributed by atoms with van der Waals surface area (Å²) in [6.07, 6.45) is 3.07. The molecule has 48 heavy (non-hydrogen) atoms. The molecule has 2 N–H and O–H groups in total. The minimum Gasteiger partial charge on any atom is -0.478 e. The maximum Gasteiger partial charge on any atom is 0.264 e. The smallest absolute Gasteiger partial charge is 0.264 e. The molecule has 0 saturated heterocycles. The SMILES string of the molecule is COc1nc2cccnc2nc1NS(=O)(=O)c1cccc(Cl)c1Cl.COc1nc2ncccc2nc1NS(=O)(=O)c1cccc(Cl)c1Cl. The van der Waals surface area contributed by atoms with Gasteiger partial charge in [-0.3, -0.25) is 9.44 Å². The maximum absolute atomic E-state index is 12.6. The number of fused-ring (bicyclic) bond motifs is 2. The van der Waals surface area contributed by atoms with Crippen molar-refractivity contribution < 1.29 is 26.3 Å². The number of pyridine rings is 2. The average Bonchev–Trinajstić information content (AvgIpc) is 3.06. The number of hydrogen-bond donors (Lipinski definition) is 2. The first-order chi connectivity index (χ1) is 22.8. The third kappa shape index (κ3) is 7.53. The minimum absolute atomic E-state index is 0.0112. The van der Waals surface area contributed by atoms with Gasteiger partial charge in [0.15, 0.2) is 11.3 Å². The second kappa shape index (κ2) is 14.4. The number of rotatable bonds is 8. The quantitative estimate of drug-likeness (QED) is 0.177. The van der Waals surface area contributed by atoms with E-state index < -0.39 is 20.0 Å². The Hall–Kier alpha value is -4.32. The molecule has 0 unspecified atom stereocenters. The Kier molecular flexibility index (Phi) is 10.5. The van der Waals surface area contributed by atoms with E-state index >= 15 is 0 Å². The summed E-state index contributed by atoms with van der Waals surface area (Å²) in [6.45, 7) is 0. The summed E-state index contributed by atoms with van der Waals surface area (Å²) < 4.78 is 65.1. The highest BCUT2D eigenvalue weighted by Gasteiger charge is 2.24. The molecular weight excluding hydrogens is 750 g/mol. The standard InChI is InChI=1S/2C14H10Cl2N4O3S/c1-23-14-13(19-12-9(18-14)5-3-7-17-12)20-24(21,22)10-6-2-4-8(15)11(10)16;1-23-14-13(18-9-5-3-7-17-12(9)19-14)20-24(21,22)10-6-2-4-8(15)11(10)16/h2-7H,1H3,(H,17,19,20);2-7H,1H3,(H,18,20). The molecule has 0 atom stereocenters. The zero-order valence-electron chi connectivity index (χ0n) is 24.4. The van der Waals surface area contributed by atoms with Crippen molar-refractivity contribution in [2.75, 3.05) is 23.7 Å². The number of aromatic nitrogens is 6. The van der Waals surface area contributed by atoms with Crippen LogP contribution in [0, 0.1) is 0 Å². The zero-order chi connectivity index (χ0) is 34.6. The maximum atomic E-state index is 12.6. The van der Waals surface area contributed by atoms with Crippen LogP contribution in [-0.2, 0) is 20.0 Å². The van der Waals surface area contributed by atoms with Gasteiger partial charge in [-0.25, -0.2) is 41.8 Å². The number of nitrogens with zero attached hydrogens (tertiary/aromatic N) is 6. The minimum atomic E-state index is -4.04. The summed E-state index contributed by atoms with van der Waals surface area (Å²) in [5, 5.41) is 0.0802. The molecule has 6 aromatic rings. The Bertz CT molecular complexity index is 2220. The highest BCUT2D eigenvalue weighted by molar-refractivity contribution is 7.93. The number of methoxy groups -OCH3 is 2. The molecule has 248 valence electrons. The van der Waals surface area contributed by atoms with E-state index in [0.29, 0.717) is 16.7 Å². The molecule has 20 heteroatoms. The monoisotopic (exact) mass is 768 g/mol. The Morgan fingerprint density at radius 1 is 0.562 bits per heavy atom. The van der Waals surface area contributed by atoms with Crippen LogP contribution in [-0.4, -0.2) is 61.0 Å². The van der Waals surface area contributed by atoms with Gasteiger partial charge in [0.2, 0.25) is 11.6 Å². The first-order valence-corrected chi connectivity index (χ1v) is 17.6. The fourth-order valence-corrected chi connectivity index (χ4v) is 7.45. The van der Waals surface area contributed by atoms with Crippen molar-refractivity contribution in [3.63, 3.8) is 0 Å². The van der Waals surface area contributed by atoms with Crippen LogP contribution in [0.15, 0.2) is 82.8 Å². The van der Waals surface area contributed by atoms with Gasteiger partial charge >= 0.3 is 0 Å². The van der Waals surface area contributed by atoms with Gasteiger partial charge in [-0.1, -0.05) is 58.5 Å². The second-order valence-electron chi connectivity index (χ2n) is 9.17. The van der Waals surface area contributed by atoms with Gasteiger partial charge in [-0.2, -0.15) is 4.98 Å². The Labute approximate surface area is 293 Å². The number of halogens is 4. The predicted molar refractivity (Wildman–Crippen MR) is 182 cm³/mol. The van der Waals surface area contributed by atoms with Crippen LogP contribution in [0.2, 0.25) is 20.1 Å². The normalized spacial score (nSPS) is 11.5. The third-order valence-corrected chi connectivity index (χ3v) is 10.7. The molecule has 0 aliphatic rings. The van der Waals surface area contributed by atoms with Crippen LogP contribution >= 0.6 is 46.4 Å². The molecule has 4 heterocycles. The number of ether oxygens (including phenoxy) is 2. The van der Waals surface area contributed by atoms with Crippen molar-refractivity contribution in [2.24, 2.45) is 0 Å². The van der Waals surface area contributed by atoms with Gasteiger partial charge in [0.1, 0.15) is 20.8 Å². The van der Waals surface area contributed by atoms with Gasteiger partial charge in [0, 0.05) is 12.4 Å². The van der Waals surface area contributed by atoms with E-state index in [2.05, 4.69) is 39.3 Å². The molecule has 0 spiro atoms. The van der Waals surface area contributed by atoms with Crippen LogP contribution in [0.1, 0.15) is 0 Å². The van der Waals surface area contributed by atoms with Crippen molar-refractivity contribution in [3.05, 3.63) is 93.1 Å². The van der Waals surface area contributed by atoms with Crippen molar-refractivity contribution >= 4 is 100 Å². The van der Waals surface area contributed by atoms with Crippen molar-refractivity contribution in [1.29, 1.82) is 0 Å². The zero-order valence-corrected chi connectivity index (χ0v) is 29.0. The topological polar surface area (TPSA) is 188 Å². The first kappa shape index (κ1) is 35.0. The molecule has 0 aliphatic heterocycles. The number of sulfonamides is 2. The third-order valence-electron chi connectivity index (χ3n) is 6.08. The van der Waals surface area contributed by atoms with Crippen LogP contribution < -0.4 is 18.9 Å². The van der Waals surface area contributed by atoms with Crippen LogP contribution in [0.25, 0.3) is 22.3 Å². The largest absolute Gasteiger partial charge is 0.478 e. The van der Waals surface area contributed by atoms with E-state index in [1.165, 1.54) is 56.8 Å². The van der Waals surface area contributed by atoms with Crippen LogP contribution in [0.3, 0.4) is 0 Å². The second-order valence-corrected chi connectivity index (χ2v) is 14.0. The molecule has 0 fully saturated rings. The molecule has 0 radical (unpaired) electrons. The first-order valence-electron chi connectivity index (χ1n) is 13.1. The summed E-state index contributed by atoms with van der Waals surface area (Å²) >= 11 is 23.7. The highest BCUT2D eigenvalue weighted by atomic mass is 35.5. The summed E-state index contributed by atoms with van der Waals surface area (Å²) in [7, 11) is -5.37. The van der Waals surface area contributed by atoms with Crippen molar-refractivity contribution in [3.8, 4) is 11.8 Å². The van der Waals surface area contributed by atoms with Gasteiger partial charge in [-0.05, 0) is 48.5 Å². The number of hydrogen-bond acceptors (Lipinski definition) is 12. The Balaban J connectivity index is 0.000000188. The van der Waals surface area contributed by atoms with E-state index in [-0.39, 0.29) is 58.9 Å². The molecule has 0 bridgehead atoms. The molecule has 4 aromatic heterocycles. The van der Waals surface area contributed by atoms with Crippen LogP contribution in [0.4, 0.5) is 11.6 Å². The summed E-state index contributed by atoms with van der Waals surface area (Å²) in [6, 6.07) is 15.3. The fraction of sp³-hybridized carbons (Fsp3) is 0.0714. The van der Waals surface area contributed by atoms with Crippen molar-refractivity contribution in [1.82, 2.24) is 29.9 Å². The van der Waals surface area contributed by atoms with Gasteiger partial charge in [-0.15, -0.1) is 0 Å². The van der Waals surface area contributed by atoms with E-state index in [4.69, 9.17) is 55.9 Å². The molecule has 2 aromatic carbocycles. The van der Waals surface area contributed by atoms with E-state index in [1.54, 1.807) is 30.5 Å². The summed E-state index contributed by atoms with van der Waals surface area (Å²) in [5.74, 6) is -0.172. The lowest BCUT2D eigenvalue weighted by molar-refractivity contribution is 0.400. The van der Waals surface area contributed by atoms with E-state index in [9.17, 15) is 16.8 Å². The number of anilines is 2. The lowest BCUT2D eigenvalue weighted by Gasteiger charge is -2.12. The van der Waals surface area contributed by atoms with Gasteiger partial charge in [0.05, 0.1) is 34.3 Å². The van der Waals surface area contributed by atoms with Gasteiger partial charge < -0.3 is 9.47 Å². The fourth-order valence-electron chi connectivity index (χ4n) is 3.92. The van der Waals surface area contributed by atoms with E-state index in [1.807, 2.05) is 0 Å². The highest BCUT2D eigenvalue weighted by Crippen LogP contribution is 2.33. The van der Waals surface area contributed by atoms with Gasteiger partial charge in [0.25, 0.3) is 31.8 Å². The molecule has 0 amide bonds. The average molecular weight is 770 g/mol. The Morgan fingerprint density at radius 3 is 1.50 bits per heavy atom. The van der Waals surface area contributed by atoms with Crippen molar-refractivity contribution in [2.45, 2.75) is 9.79 Å². The number of nitrogens with one attached hydrogen (secondary N) is 2. The molecule has 0 aliphatic carbocycles. The Morgan fingerprint density at radius 2 is 1.00 bits per heavy atom. The molecule has 14 nitrogen and oxygen atoms in total. The lowest BCUT2D eigenvalue weighted by atomic mass is 10.4. The van der Waals surface area contributed by atoms with Crippen LogP contribution in [0.5, 0.6) is 11.8 Å². The summed E-state index contributed by atoms with van der Waals surface area (Å²) in [4.78, 5) is 24.4. The molecule has 0 saturated carbocycles. The molecule has 6 rings (SSSR count). The number of benzene rings is 2. The summed E-state index contributed by atoms with van der Waals surface area (Å²) in [5.41, 5.74) is 1.48. The molecular formula is C28H20Cl4N8O6S2. The van der Waals surface area contributed by atoms with E-state index in [0.717, 1.165) is 0 Å². The predicted octanol–water partition coefficient (Wildman–Crippen LogP) is 6.28.